The van der Waals surface area contributed by atoms with Crippen molar-refractivity contribution in [2.24, 2.45) is 0 Å². The number of rotatable bonds is 6. The summed E-state index contributed by atoms with van der Waals surface area (Å²) in [5.41, 5.74) is 2.27. The van der Waals surface area contributed by atoms with E-state index >= 15 is 0 Å². The van der Waals surface area contributed by atoms with Gasteiger partial charge in [-0.2, -0.15) is 0 Å². The van der Waals surface area contributed by atoms with Crippen molar-refractivity contribution >= 4 is 44.9 Å². The molecular weight excluding hydrogens is 372 g/mol. The zero-order chi connectivity index (χ0) is 17.4. The number of thiophene rings is 1. The van der Waals surface area contributed by atoms with Crippen LogP contribution < -0.4 is 5.56 Å². The van der Waals surface area contributed by atoms with Gasteiger partial charge in [0.1, 0.15) is 4.83 Å². The predicted octanol–water partition coefficient (Wildman–Crippen LogP) is 5.47. The number of nitrogens with zero attached hydrogens (tertiary/aromatic N) is 2. The van der Waals surface area contributed by atoms with Gasteiger partial charge in [-0.05, 0) is 41.3 Å². The zero-order valence-electron chi connectivity index (χ0n) is 13.6. The Kier molecular flexibility index (Phi) is 4.71. The molecule has 0 saturated heterocycles. The van der Waals surface area contributed by atoms with Gasteiger partial charge in [0.25, 0.3) is 5.56 Å². The molecule has 0 aliphatic heterocycles. The molecule has 0 atom stereocenters. The highest BCUT2D eigenvalue weighted by molar-refractivity contribution is 7.98. The van der Waals surface area contributed by atoms with Crippen molar-refractivity contribution in [2.45, 2.75) is 36.2 Å². The number of thioether (sulfide) groups is 1. The summed E-state index contributed by atoms with van der Waals surface area (Å²) in [6, 6.07) is 7.77. The Hall–Kier alpha value is -1.56. The number of hydrogen-bond acceptors (Lipinski definition) is 4. The largest absolute Gasteiger partial charge is 0.283 e. The predicted molar refractivity (Wildman–Crippen MR) is 107 cm³/mol. The molecule has 0 bridgehead atoms. The van der Waals surface area contributed by atoms with Crippen LogP contribution in [0.1, 0.15) is 29.9 Å². The Morgan fingerprint density at radius 1 is 1.40 bits per heavy atom. The molecule has 3 nitrogen and oxygen atoms in total. The molecule has 0 amide bonds. The van der Waals surface area contributed by atoms with Crippen molar-refractivity contribution in [1.82, 2.24) is 9.55 Å². The van der Waals surface area contributed by atoms with Gasteiger partial charge in [-0.3, -0.25) is 9.36 Å². The molecule has 128 valence electrons. The van der Waals surface area contributed by atoms with Crippen molar-refractivity contribution in [3.63, 3.8) is 0 Å². The summed E-state index contributed by atoms with van der Waals surface area (Å²) in [6.07, 6.45) is 4.10. The minimum Gasteiger partial charge on any atom is -0.283 e. The molecule has 1 fully saturated rings. The van der Waals surface area contributed by atoms with Gasteiger partial charge in [0.2, 0.25) is 0 Å². The van der Waals surface area contributed by atoms with Crippen LogP contribution in [0.15, 0.2) is 52.3 Å². The van der Waals surface area contributed by atoms with Crippen LogP contribution >= 0.6 is 34.7 Å². The lowest BCUT2D eigenvalue weighted by Crippen LogP contribution is -2.22. The first kappa shape index (κ1) is 16.9. The van der Waals surface area contributed by atoms with Crippen molar-refractivity contribution in [3.8, 4) is 0 Å². The van der Waals surface area contributed by atoms with Gasteiger partial charge in [-0.1, -0.05) is 47.6 Å². The molecule has 1 aliphatic rings. The monoisotopic (exact) mass is 388 g/mol. The van der Waals surface area contributed by atoms with E-state index < -0.39 is 0 Å². The highest BCUT2D eigenvalue weighted by Gasteiger charge is 2.28. The topological polar surface area (TPSA) is 34.9 Å². The molecule has 25 heavy (non-hydrogen) atoms. The Morgan fingerprint density at radius 3 is 2.92 bits per heavy atom. The lowest BCUT2D eigenvalue weighted by atomic mass is 10.1. The van der Waals surface area contributed by atoms with Gasteiger partial charge in [0, 0.05) is 17.3 Å². The van der Waals surface area contributed by atoms with Gasteiger partial charge < -0.3 is 0 Å². The van der Waals surface area contributed by atoms with Crippen molar-refractivity contribution in [2.75, 3.05) is 0 Å². The van der Waals surface area contributed by atoms with E-state index in [0.29, 0.717) is 18.2 Å². The lowest BCUT2D eigenvalue weighted by Gasteiger charge is -2.11. The number of hydrogen-bond donors (Lipinski definition) is 0. The van der Waals surface area contributed by atoms with Crippen LogP contribution in [0.5, 0.6) is 0 Å². The molecule has 2 heterocycles. The highest BCUT2D eigenvalue weighted by Crippen LogP contribution is 2.44. The highest BCUT2D eigenvalue weighted by atomic mass is 35.5. The summed E-state index contributed by atoms with van der Waals surface area (Å²) in [7, 11) is 0. The molecule has 1 aliphatic carbocycles. The Morgan fingerprint density at radius 2 is 2.20 bits per heavy atom. The van der Waals surface area contributed by atoms with Gasteiger partial charge in [-0.25, -0.2) is 4.98 Å². The van der Waals surface area contributed by atoms with Crippen LogP contribution in [0, 0.1) is 0 Å². The van der Waals surface area contributed by atoms with Crippen LogP contribution in [-0.4, -0.2) is 9.55 Å². The SMILES string of the molecule is C=CCn1c(SCc2ccccc2Cl)nc2scc(C3CC3)c2c1=O. The molecule has 0 unspecified atom stereocenters. The molecule has 1 aromatic carbocycles. The molecule has 3 aromatic rings. The van der Waals surface area contributed by atoms with E-state index in [4.69, 9.17) is 16.6 Å². The lowest BCUT2D eigenvalue weighted by molar-refractivity contribution is 0.672. The van der Waals surface area contributed by atoms with E-state index in [0.717, 1.165) is 26.0 Å². The fourth-order valence-electron chi connectivity index (χ4n) is 2.88. The summed E-state index contributed by atoms with van der Waals surface area (Å²) in [5, 5.41) is 4.37. The first-order valence-electron chi connectivity index (χ1n) is 8.18. The van der Waals surface area contributed by atoms with E-state index in [1.54, 1.807) is 33.7 Å². The quantitative estimate of drug-likeness (QED) is 0.319. The maximum atomic E-state index is 13.1. The molecule has 4 rings (SSSR count). The molecule has 2 aromatic heterocycles. The third kappa shape index (κ3) is 3.28. The molecule has 0 radical (unpaired) electrons. The van der Waals surface area contributed by atoms with Crippen LogP contribution in [-0.2, 0) is 12.3 Å². The molecule has 1 saturated carbocycles. The fourth-order valence-corrected chi connectivity index (χ4v) is 5.24. The van der Waals surface area contributed by atoms with E-state index in [1.165, 1.54) is 18.4 Å². The third-order valence-corrected chi connectivity index (χ3v) is 6.62. The van der Waals surface area contributed by atoms with E-state index in [2.05, 4.69) is 12.0 Å². The minimum atomic E-state index is 0.0507. The van der Waals surface area contributed by atoms with Crippen LogP contribution in [0.4, 0.5) is 0 Å². The second kappa shape index (κ2) is 6.98. The first-order valence-corrected chi connectivity index (χ1v) is 10.4. The number of aromatic nitrogens is 2. The molecule has 6 heteroatoms. The van der Waals surface area contributed by atoms with Crippen LogP contribution in [0.25, 0.3) is 10.2 Å². The number of halogens is 1. The summed E-state index contributed by atoms with van der Waals surface area (Å²) >= 11 is 9.36. The van der Waals surface area contributed by atoms with E-state index in [1.807, 2.05) is 24.3 Å². The van der Waals surface area contributed by atoms with E-state index in [-0.39, 0.29) is 5.56 Å². The van der Waals surface area contributed by atoms with Gasteiger partial charge in [0.05, 0.1) is 5.39 Å². The standard InChI is InChI=1S/C19H17ClN2OS2/c1-2-9-22-18(23)16-14(12-7-8-12)11-24-17(16)21-19(22)25-10-13-5-3-4-6-15(13)20/h2-6,11-12H,1,7-10H2. The Labute approximate surface area is 159 Å². The van der Waals surface area contributed by atoms with Crippen molar-refractivity contribution in [1.29, 1.82) is 0 Å². The Balaban J connectivity index is 1.74. The number of benzene rings is 1. The average molecular weight is 389 g/mol. The summed E-state index contributed by atoms with van der Waals surface area (Å²) in [4.78, 5) is 18.7. The smallest absolute Gasteiger partial charge is 0.263 e. The molecule has 0 spiro atoms. The summed E-state index contributed by atoms with van der Waals surface area (Å²) < 4.78 is 1.73. The first-order chi connectivity index (χ1) is 12.2. The second-order valence-electron chi connectivity index (χ2n) is 6.12. The van der Waals surface area contributed by atoms with Gasteiger partial charge in [0.15, 0.2) is 5.16 Å². The third-order valence-electron chi connectivity index (χ3n) is 4.33. The number of allylic oxidation sites excluding steroid dienone is 1. The molecular formula is C19H17ClN2OS2. The number of fused-ring (bicyclic) bond motifs is 1. The minimum absolute atomic E-state index is 0.0507. The summed E-state index contributed by atoms with van der Waals surface area (Å²) in [6.45, 7) is 4.26. The van der Waals surface area contributed by atoms with Crippen molar-refractivity contribution < 1.29 is 0 Å². The second-order valence-corrected chi connectivity index (χ2v) is 8.33. The summed E-state index contributed by atoms with van der Waals surface area (Å²) in [5.74, 6) is 1.22. The normalized spacial score (nSPS) is 14.1. The van der Waals surface area contributed by atoms with Gasteiger partial charge >= 0.3 is 0 Å². The van der Waals surface area contributed by atoms with Crippen molar-refractivity contribution in [3.05, 3.63) is 68.8 Å². The zero-order valence-corrected chi connectivity index (χ0v) is 16.0. The van der Waals surface area contributed by atoms with E-state index in [9.17, 15) is 4.79 Å². The fraction of sp³-hybridized carbons (Fsp3) is 0.263. The maximum absolute atomic E-state index is 13.1. The van der Waals surface area contributed by atoms with Crippen LogP contribution in [0.3, 0.4) is 0 Å². The molecule has 0 N–H and O–H groups in total. The Bertz CT molecular complexity index is 1000. The average Bonchev–Trinajstić information content (AvgIpc) is 3.37. The maximum Gasteiger partial charge on any atom is 0.263 e. The van der Waals surface area contributed by atoms with Gasteiger partial charge in [-0.15, -0.1) is 17.9 Å². The van der Waals surface area contributed by atoms with Crippen LogP contribution in [0.2, 0.25) is 5.02 Å².